The van der Waals surface area contributed by atoms with Crippen LogP contribution in [0.1, 0.15) is 31.3 Å². The molecule has 1 aromatic carbocycles. The van der Waals surface area contributed by atoms with Crippen molar-refractivity contribution in [1.29, 1.82) is 5.41 Å². The van der Waals surface area contributed by atoms with Crippen LogP contribution in [0.15, 0.2) is 40.6 Å². The monoisotopic (exact) mass is 382 g/mol. The Balaban J connectivity index is 2.09. The van der Waals surface area contributed by atoms with Crippen LogP contribution in [0.4, 0.5) is 13.2 Å². The van der Waals surface area contributed by atoms with Gasteiger partial charge in [0.2, 0.25) is 5.82 Å². The van der Waals surface area contributed by atoms with Crippen LogP contribution in [0.2, 0.25) is 0 Å². The molecule has 0 aliphatic heterocycles. The summed E-state index contributed by atoms with van der Waals surface area (Å²) in [4.78, 5) is 14.9. The number of carbonyl (C=O) groups is 1. The number of rotatable bonds is 7. The summed E-state index contributed by atoms with van der Waals surface area (Å²) in [6.45, 7) is 3.68. The van der Waals surface area contributed by atoms with Crippen LogP contribution in [-0.2, 0) is 15.7 Å². The first-order valence-electron chi connectivity index (χ1n) is 7.91. The molecule has 144 valence electrons. The number of hydrogen-bond donors (Lipinski definition) is 2. The van der Waals surface area contributed by atoms with E-state index in [-0.39, 0.29) is 24.0 Å². The van der Waals surface area contributed by atoms with E-state index in [0.717, 1.165) is 11.8 Å². The summed E-state index contributed by atoms with van der Waals surface area (Å²) < 4.78 is 46.6. The highest BCUT2D eigenvalue weighted by molar-refractivity contribution is 6.08. The Morgan fingerprint density at radius 3 is 2.56 bits per heavy atom. The number of alkyl halides is 3. The van der Waals surface area contributed by atoms with Gasteiger partial charge in [-0.15, -0.1) is 0 Å². The molecule has 0 aliphatic carbocycles. The first-order chi connectivity index (χ1) is 12.8. The number of nitrogens with one attached hydrogen (secondary N) is 2. The van der Waals surface area contributed by atoms with Gasteiger partial charge in [0.05, 0.1) is 12.2 Å². The zero-order valence-electron chi connectivity index (χ0n) is 14.5. The van der Waals surface area contributed by atoms with Gasteiger partial charge < -0.3 is 20.0 Å². The molecule has 0 radical (unpaired) electrons. The maximum Gasteiger partial charge on any atom is 0.471 e. The highest BCUT2D eigenvalue weighted by Crippen LogP contribution is 2.29. The summed E-state index contributed by atoms with van der Waals surface area (Å²) in [5.41, 5.74) is 1.22. The van der Waals surface area contributed by atoms with Gasteiger partial charge in [-0.3, -0.25) is 0 Å². The molecule has 7 nitrogen and oxygen atoms in total. The van der Waals surface area contributed by atoms with E-state index in [4.69, 9.17) is 10.1 Å². The smallest absolute Gasteiger partial charge is 0.462 e. The zero-order valence-corrected chi connectivity index (χ0v) is 14.5. The molecule has 0 saturated heterocycles. The van der Waals surface area contributed by atoms with Gasteiger partial charge in [0, 0.05) is 24.0 Å². The number of carbonyl (C=O) groups excluding carboxylic acids is 1. The lowest BCUT2D eigenvalue weighted by atomic mass is 10.1. The van der Waals surface area contributed by atoms with Crippen LogP contribution in [-0.4, -0.2) is 28.9 Å². The van der Waals surface area contributed by atoms with Crippen molar-refractivity contribution in [3.8, 4) is 11.4 Å². The van der Waals surface area contributed by atoms with Gasteiger partial charge in [0.15, 0.2) is 0 Å². The Hall–Kier alpha value is -3.17. The quantitative estimate of drug-likeness (QED) is 0.432. The van der Waals surface area contributed by atoms with Crippen molar-refractivity contribution in [3.05, 3.63) is 47.5 Å². The molecule has 0 aliphatic rings. The summed E-state index contributed by atoms with van der Waals surface area (Å²) in [7, 11) is 0. The number of hydrogen-bond acceptors (Lipinski definition) is 7. The number of nitrogens with zero attached hydrogens (tertiary/aromatic N) is 2. The summed E-state index contributed by atoms with van der Waals surface area (Å²) in [6, 6.07) is 6.24. The SMILES string of the molecule is CCOC(=O)/C(C=N)=C/NC(C)c1ccc(-c2noc(C(F)(F)F)n2)cc1. The van der Waals surface area contributed by atoms with Gasteiger partial charge in [0.1, 0.15) is 0 Å². The largest absolute Gasteiger partial charge is 0.471 e. The van der Waals surface area contributed by atoms with Gasteiger partial charge >= 0.3 is 18.0 Å². The Labute approximate surface area is 152 Å². The van der Waals surface area contributed by atoms with Crippen molar-refractivity contribution in [1.82, 2.24) is 15.5 Å². The predicted octanol–water partition coefficient (Wildman–Crippen LogP) is 3.50. The Morgan fingerprint density at radius 1 is 1.37 bits per heavy atom. The second kappa shape index (κ2) is 8.47. The van der Waals surface area contributed by atoms with Crippen molar-refractivity contribution in [2.24, 2.45) is 0 Å². The van der Waals surface area contributed by atoms with Crippen LogP contribution < -0.4 is 5.32 Å². The highest BCUT2D eigenvalue weighted by atomic mass is 19.4. The molecule has 0 saturated carbocycles. The summed E-state index contributed by atoms with van der Waals surface area (Å²) >= 11 is 0. The molecule has 1 atom stereocenters. The van der Waals surface area contributed by atoms with Crippen molar-refractivity contribution in [2.75, 3.05) is 6.61 Å². The van der Waals surface area contributed by atoms with Gasteiger partial charge in [0.25, 0.3) is 0 Å². The molecule has 0 fully saturated rings. The molecule has 1 aromatic heterocycles. The summed E-state index contributed by atoms with van der Waals surface area (Å²) in [5, 5.41) is 13.5. The molecule has 27 heavy (non-hydrogen) atoms. The summed E-state index contributed by atoms with van der Waals surface area (Å²) in [6.07, 6.45) is -2.44. The zero-order chi connectivity index (χ0) is 20.0. The standard InChI is InChI=1S/C17H17F3N4O3/c1-3-26-15(25)13(8-21)9-22-10(2)11-4-6-12(7-5-11)14-23-16(27-24-14)17(18,19)20/h4-10,21-22H,3H2,1-2H3/b13-9+,21-8?. The van der Waals surface area contributed by atoms with E-state index >= 15 is 0 Å². The third-order valence-electron chi connectivity index (χ3n) is 3.49. The molecule has 2 aromatic rings. The Morgan fingerprint density at radius 2 is 2.04 bits per heavy atom. The first-order valence-corrected chi connectivity index (χ1v) is 7.91. The van der Waals surface area contributed by atoms with Crippen molar-refractivity contribution in [3.63, 3.8) is 0 Å². The van der Waals surface area contributed by atoms with Gasteiger partial charge in [-0.25, -0.2) is 4.79 Å². The molecule has 1 unspecified atom stereocenters. The second-order valence-electron chi connectivity index (χ2n) is 5.40. The van der Waals surface area contributed by atoms with Gasteiger partial charge in [-0.2, -0.15) is 18.2 Å². The van der Waals surface area contributed by atoms with Crippen LogP contribution in [0, 0.1) is 5.41 Å². The highest BCUT2D eigenvalue weighted by Gasteiger charge is 2.38. The first kappa shape index (κ1) is 20.1. The average molecular weight is 382 g/mol. The maximum atomic E-state index is 12.5. The number of benzene rings is 1. The van der Waals surface area contributed by atoms with Crippen LogP contribution in [0.5, 0.6) is 0 Å². The lowest BCUT2D eigenvalue weighted by Gasteiger charge is -2.13. The van der Waals surface area contributed by atoms with Crippen molar-refractivity contribution in [2.45, 2.75) is 26.1 Å². The van der Waals surface area contributed by atoms with Crippen LogP contribution >= 0.6 is 0 Å². The molecule has 0 bridgehead atoms. The van der Waals surface area contributed by atoms with E-state index in [9.17, 15) is 18.0 Å². The molecule has 0 amide bonds. The topological polar surface area (TPSA) is 101 Å². The van der Waals surface area contributed by atoms with E-state index in [0.29, 0.717) is 5.56 Å². The lowest BCUT2D eigenvalue weighted by Crippen LogP contribution is -2.16. The van der Waals surface area contributed by atoms with Crippen molar-refractivity contribution < 1.29 is 27.2 Å². The third-order valence-corrected chi connectivity index (χ3v) is 3.49. The predicted molar refractivity (Wildman–Crippen MR) is 89.8 cm³/mol. The molecular formula is C17H17F3N4O3. The van der Waals surface area contributed by atoms with E-state index in [2.05, 4.69) is 20.0 Å². The summed E-state index contributed by atoms with van der Waals surface area (Å²) in [5.74, 6) is -2.18. The molecule has 10 heteroatoms. The molecule has 0 spiro atoms. The van der Waals surface area contributed by atoms with Crippen LogP contribution in [0.3, 0.4) is 0 Å². The van der Waals surface area contributed by atoms with E-state index in [1.165, 1.54) is 6.20 Å². The fraction of sp³-hybridized carbons (Fsp3) is 0.294. The minimum atomic E-state index is -4.69. The molecule has 1 heterocycles. The lowest BCUT2D eigenvalue weighted by molar-refractivity contribution is -0.159. The molecule has 2 N–H and O–H groups in total. The van der Waals surface area contributed by atoms with Crippen molar-refractivity contribution >= 4 is 12.2 Å². The second-order valence-corrected chi connectivity index (χ2v) is 5.40. The molecule has 2 rings (SSSR count). The number of esters is 1. The van der Waals surface area contributed by atoms with Crippen LogP contribution in [0.25, 0.3) is 11.4 Å². The number of ether oxygens (including phenoxy) is 1. The van der Waals surface area contributed by atoms with E-state index in [1.807, 2.05) is 6.92 Å². The average Bonchev–Trinajstić information content (AvgIpc) is 3.13. The van der Waals surface area contributed by atoms with Gasteiger partial charge in [-0.05, 0) is 19.4 Å². The van der Waals surface area contributed by atoms with E-state index in [1.54, 1.807) is 31.2 Å². The minimum absolute atomic E-state index is 0.0618. The normalized spacial score (nSPS) is 13.1. The fourth-order valence-electron chi connectivity index (χ4n) is 2.06. The number of halogens is 3. The fourth-order valence-corrected chi connectivity index (χ4v) is 2.06. The molecular weight excluding hydrogens is 365 g/mol. The maximum absolute atomic E-state index is 12.5. The third kappa shape index (κ3) is 5.16. The van der Waals surface area contributed by atoms with Gasteiger partial charge in [-0.1, -0.05) is 29.4 Å². The number of aromatic nitrogens is 2. The van der Waals surface area contributed by atoms with E-state index < -0.39 is 18.0 Å². The Kier molecular flexibility index (Phi) is 6.32. The Bertz CT molecular complexity index is 829. The minimum Gasteiger partial charge on any atom is -0.462 e.